The highest BCUT2D eigenvalue weighted by atomic mass is 32.2. The van der Waals surface area contributed by atoms with Crippen molar-refractivity contribution in [2.45, 2.75) is 23.0 Å². The van der Waals surface area contributed by atoms with E-state index >= 15 is 0 Å². The van der Waals surface area contributed by atoms with E-state index in [1.165, 1.54) is 5.56 Å². The number of carbonyl (C=O) groups excluding carboxylic acids is 1. The average molecular weight is 433 g/mol. The third-order valence-electron chi connectivity index (χ3n) is 5.45. The lowest BCUT2D eigenvalue weighted by atomic mass is 10.1. The van der Waals surface area contributed by atoms with Gasteiger partial charge in [-0.15, -0.1) is 0 Å². The SMILES string of the molecule is CN1CCN(Cc2ccc(CNC(=O)c3ccc(Sc4ccccn4)cc3)cc2)CC1. The van der Waals surface area contributed by atoms with Gasteiger partial charge in [0.2, 0.25) is 0 Å². The van der Waals surface area contributed by atoms with Crippen molar-refractivity contribution in [1.29, 1.82) is 0 Å². The molecule has 1 N–H and O–H groups in total. The number of hydrogen-bond donors (Lipinski definition) is 1. The van der Waals surface area contributed by atoms with Crippen LogP contribution in [0.25, 0.3) is 0 Å². The first-order valence-corrected chi connectivity index (χ1v) is 11.4. The van der Waals surface area contributed by atoms with Crippen LogP contribution >= 0.6 is 11.8 Å². The lowest BCUT2D eigenvalue weighted by molar-refractivity contribution is 0.0951. The van der Waals surface area contributed by atoms with Crippen LogP contribution in [0.2, 0.25) is 0 Å². The zero-order chi connectivity index (χ0) is 21.5. The highest BCUT2D eigenvalue weighted by Gasteiger charge is 2.13. The molecule has 1 saturated heterocycles. The maximum Gasteiger partial charge on any atom is 0.251 e. The number of amides is 1. The Bertz CT molecular complexity index is 969. The molecule has 1 fully saturated rings. The fourth-order valence-electron chi connectivity index (χ4n) is 3.51. The second-order valence-corrected chi connectivity index (χ2v) is 8.97. The molecule has 0 saturated carbocycles. The third kappa shape index (κ3) is 6.40. The summed E-state index contributed by atoms with van der Waals surface area (Å²) in [6.45, 7) is 6.02. The molecule has 0 spiro atoms. The molecule has 3 aromatic rings. The van der Waals surface area contributed by atoms with Gasteiger partial charge in [0.1, 0.15) is 5.03 Å². The van der Waals surface area contributed by atoms with E-state index in [0.29, 0.717) is 12.1 Å². The number of aromatic nitrogens is 1. The van der Waals surface area contributed by atoms with Gasteiger partial charge in [0.25, 0.3) is 5.91 Å². The number of carbonyl (C=O) groups is 1. The molecule has 160 valence electrons. The summed E-state index contributed by atoms with van der Waals surface area (Å²) < 4.78 is 0. The molecule has 6 heteroatoms. The van der Waals surface area contributed by atoms with Crippen LogP contribution in [-0.2, 0) is 13.1 Å². The topological polar surface area (TPSA) is 48.5 Å². The molecular weight excluding hydrogens is 404 g/mol. The largest absolute Gasteiger partial charge is 0.348 e. The zero-order valence-corrected chi connectivity index (χ0v) is 18.6. The maximum atomic E-state index is 12.5. The molecular formula is C25H28N4OS. The van der Waals surface area contributed by atoms with Gasteiger partial charge in [0.15, 0.2) is 0 Å². The van der Waals surface area contributed by atoms with Gasteiger partial charge in [0, 0.05) is 55.9 Å². The van der Waals surface area contributed by atoms with E-state index in [0.717, 1.165) is 48.2 Å². The number of benzene rings is 2. The van der Waals surface area contributed by atoms with Crippen molar-refractivity contribution in [3.63, 3.8) is 0 Å². The fraction of sp³-hybridized carbons (Fsp3) is 0.280. The van der Waals surface area contributed by atoms with Crippen LogP contribution in [0, 0.1) is 0 Å². The van der Waals surface area contributed by atoms with Gasteiger partial charge in [-0.05, 0) is 54.6 Å². The second kappa shape index (κ2) is 10.6. The molecule has 0 bridgehead atoms. The van der Waals surface area contributed by atoms with Crippen molar-refractivity contribution in [3.05, 3.63) is 89.6 Å². The Morgan fingerprint density at radius 2 is 1.65 bits per heavy atom. The molecule has 4 rings (SSSR count). The van der Waals surface area contributed by atoms with Crippen LogP contribution in [0.4, 0.5) is 0 Å². The fourth-order valence-corrected chi connectivity index (χ4v) is 4.29. The first kappa shape index (κ1) is 21.6. The Kier molecular flexibility index (Phi) is 7.35. The van der Waals surface area contributed by atoms with Crippen LogP contribution in [0.5, 0.6) is 0 Å². The number of piperazine rings is 1. The van der Waals surface area contributed by atoms with E-state index in [-0.39, 0.29) is 5.91 Å². The molecule has 2 aromatic carbocycles. The molecule has 1 aliphatic rings. The first-order chi connectivity index (χ1) is 15.2. The Hall–Kier alpha value is -2.67. The van der Waals surface area contributed by atoms with Crippen molar-refractivity contribution in [2.75, 3.05) is 33.2 Å². The van der Waals surface area contributed by atoms with Crippen molar-refractivity contribution in [3.8, 4) is 0 Å². The molecule has 0 radical (unpaired) electrons. The van der Waals surface area contributed by atoms with Gasteiger partial charge in [0.05, 0.1) is 0 Å². The number of likely N-dealkylation sites (N-methyl/N-ethyl adjacent to an activating group) is 1. The molecule has 0 aliphatic carbocycles. The summed E-state index contributed by atoms with van der Waals surface area (Å²) in [5, 5.41) is 3.96. The zero-order valence-electron chi connectivity index (χ0n) is 17.8. The molecule has 1 aliphatic heterocycles. The van der Waals surface area contributed by atoms with Gasteiger partial charge in [-0.1, -0.05) is 42.1 Å². The summed E-state index contributed by atoms with van der Waals surface area (Å²) in [6, 6.07) is 22.0. The minimum Gasteiger partial charge on any atom is -0.348 e. The maximum absolute atomic E-state index is 12.5. The number of rotatable bonds is 7. The second-order valence-electron chi connectivity index (χ2n) is 7.87. The van der Waals surface area contributed by atoms with E-state index in [2.05, 4.69) is 51.4 Å². The van der Waals surface area contributed by atoms with Crippen molar-refractivity contribution in [1.82, 2.24) is 20.1 Å². The number of pyridine rings is 1. The standard InChI is InChI=1S/C25H28N4OS/c1-28-14-16-29(17-15-28)19-21-7-5-20(6-8-21)18-27-25(30)22-9-11-23(12-10-22)31-24-4-2-3-13-26-24/h2-13H,14-19H2,1H3,(H,27,30). The smallest absolute Gasteiger partial charge is 0.251 e. The van der Waals surface area contributed by atoms with Gasteiger partial charge in [-0.25, -0.2) is 4.98 Å². The lowest BCUT2D eigenvalue weighted by Gasteiger charge is -2.32. The monoisotopic (exact) mass is 432 g/mol. The van der Waals surface area contributed by atoms with Gasteiger partial charge < -0.3 is 10.2 Å². The minimum atomic E-state index is -0.0594. The number of hydrogen-bond acceptors (Lipinski definition) is 5. The normalized spacial score (nSPS) is 15.0. The van der Waals surface area contributed by atoms with E-state index in [4.69, 9.17) is 0 Å². The van der Waals surface area contributed by atoms with Crippen molar-refractivity contribution in [2.24, 2.45) is 0 Å². The van der Waals surface area contributed by atoms with Gasteiger partial charge in [-0.2, -0.15) is 0 Å². The van der Waals surface area contributed by atoms with E-state index in [9.17, 15) is 4.79 Å². The minimum absolute atomic E-state index is 0.0594. The van der Waals surface area contributed by atoms with Crippen molar-refractivity contribution < 1.29 is 4.79 Å². The highest BCUT2D eigenvalue weighted by Crippen LogP contribution is 2.25. The Labute approximate surface area is 188 Å². The molecule has 5 nitrogen and oxygen atoms in total. The molecule has 2 heterocycles. The third-order valence-corrected chi connectivity index (χ3v) is 6.41. The summed E-state index contributed by atoms with van der Waals surface area (Å²) in [5.41, 5.74) is 3.09. The Balaban J connectivity index is 1.25. The van der Waals surface area contributed by atoms with Crippen molar-refractivity contribution >= 4 is 17.7 Å². The predicted octanol–water partition coefficient (Wildman–Crippen LogP) is 3.91. The van der Waals surface area contributed by atoms with Crippen LogP contribution < -0.4 is 5.32 Å². The molecule has 0 atom stereocenters. The van der Waals surface area contributed by atoms with Crippen LogP contribution in [0.1, 0.15) is 21.5 Å². The van der Waals surface area contributed by atoms with Gasteiger partial charge in [-0.3, -0.25) is 9.69 Å². The quantitative estimate of drug-likeness (QED) is 0.613. The Morgan fingerprint density at radius 3 is 2.32 bits per heavy atom. The molecule has 31 heavy (non-hydrogen) atoms. The van der Waals surface area contributed by atoms with Gasteiger partial charge >= 0.3 is 0 Å². The van der Waals surface area contributed by atoms with Crippen LogP contribution in [-0.4, -0.2) is 53.9 Å². The molecule has 1 aromatic heterocycles. The average Bonchev–Trinajstić information content (AvgIpc) is 2.81. The summed E-state index contributed by atoms with van der Waals surface area (Å²) in [5.74, 6) is -0.0594. The summed E-state index contributed by atoms with van der Waals surface area (Å²) in [4.78, 5) is 22.7. The highest BCUT2D eigenvalue weighted by molar-refractivity contribution is 7.99. The number of nitrogens with one attached hydrogen (secondary N) is 1. The predicted molar refractivity (Wildman–Crippen MR) is 125 cm³/mol. The van der Waals surface area contributed by atoms with E-state index in [1.54, 1.807) is 18.0 Å². The van der Waals surface area contributed by atoms with Crippen LogP contribution in [0.3, 0.4) is 0 Å². The van der Waals surface area contributed by atoms with E-state index < -0.39 is 0 Å². The summed E-state index contributed by atoms with van der Waals surface area (Å²) in [7, 11) is 2.18. The summed E-state index contributed by atoms with van der Waals surface area (Å²) >= 11 is 1.58. The van der Waals surface area contributed by atoms with Crippen LogP contribution in [0.15, 0.2) is 82.8 Å². The molecule has 1 amide bonds. The Morgan fingerprint density at radius 1 is 0.935 bits per heavy atom. The lowest BCUT2D eigenvalue weighted by Crippen LogP contribution is -2.43. The van der Waals surface area contributed by atoms with E-state index in [1.807, 2.05) is 42.5 Å². The first-order valence-electron chi connectivity index (χ1n) is 10.6. The molecule has 0 unspecified atom stereocenters. The number of nitrogens with zero attached hydrogens (tertiary/aromatic N) is 3. The summed E-state index contributed by atoms with van der Waals surface area (Å²) in [6.07, 6.45) is 1.78.